The van der Waals surface area contributed by atoms with Gasteiger partial charge in [0.05, 0.1) is 0 Å². The van der Waals surface area contributed by atoms with Crippen LogP contribution in [0, 0.1) is 5.82 Å². The van der Waals surface area contributed by atoms with Crippen LogP contribution in [0.4, 0.5) is 21.7 Å². The van der Waals surface area contributed by atoms with Crippen LogP contribution in [-0.2, 0) is 0 Å². The standard InChI is InChI=1S/C14H17FN4/c1-3-8-16-13-9-14(18-10-17-13)19(2)12-6-4-11(15)5-7-12/h4-7,9-10H,3,8H2,1-2H3,(H,16,17,18). The molecule has 0 unspecified atom stereocenters. The molecule has 19 heavy (non-hydrogen) atoms. The monoisotopic (exact) mass is 260 g/mol. The highest BCUT2D eigenvalue weighted by molar-refractivity contribution is 5.61. The average molecular weight is 260 g/mol. The van der Waals surface area contributed by atoms with Gasteiger partial charge in [0.1, 0.15) is 23.8 Å². The van der Waals surface area contributed by atoms with Crippen LogP contribution < -0.4 is 10.2 Å². The SMILES string of the molecule is CCCNc1cc(N(C)c2ccc(F)cc2)ncn1. The minimum Gasteiger partial charge on any atom is -0.370 e. The molecule has 1 aromatic carbocycles. The van der Waals surface area contributed by atoms with Gasteiger partial charge in [0.15, 0.2) is 0 Å². The molecule has 0 radical (unpaired) electrons. The summed E-state index contributed by atoms with van der Waals surface area (Å²) in [6.45, 7) is 2.97. The van der Waals surface area contributed by atoms with Crippen molar-refractivity contribution in [3.8, 4) is 0 Å². The van der Waals surface area contributed by atoms with Gasteiger partial charge in [-0.25, -0.2) is 14.4 Å². The first-order valence-electron chi connectivity index (χ1n) is 6.26. The second-order valence-corrected chi connectivity index (χ2v) is 4.22. The number of hydrogen-bond acceptors (Lipinski definition) is 4. The molecular weight excluding hydrogens is 243 g/mol. The highest BCUT2D eigenvalue weighted by Crippen LogP contribution is 2.22. The molecule has 0 fully saturated rings. The summed E-state index contributed by atoms with van der Waals surface area (Å²) in [6.07, 6.45) is 2.56. The molecule has 0 atom stereocenters. The molecule has 100 valence electrons. The lowest BCUT2D eigenvalue weighted by molar-refractivity contribution is 0.628. The molecule has 0 aliphatic heterocycles. The van der Waals surface area contributed by atoms with Gasteiger partial charge in [0.25, 0.3) is 0 Å². The molecule has 1 heterocycles. The Hall–Kier alpha value is -2.17. The molecule has 5 heteroatoms. The first-order chi connectivity index (χ1) is 9.20. The molecule has 2 rings (SSSR count). The normalized spacial score (nSPS) is 10.3. The molecule has 1 aromatic heterocycles. The van der Waals surface area contributed by atoms with E-state index in [2.05, 4.69) is 22.2 Å². The van der Waals surface area contributed by atoms with Crippen molar-refractivity contribution in [3.05, 3.63) is 42.5 Å². The fourth-order valence-corrected chi connectivity index (χ4v) is 1.68. The Morgan fingerprint density at radius 2 is 1.95 bits per heavy atom. The van der Waals surface area contributed by atoms with E-state index in [9.17, 15) is 4.39 Å². The first-order valence-corrected chi connectivity index (χ1v) is 6.26. The van der Waals surface area contributed by atoms with Crippen molar-refractivity contribution < 1.29 is 4.39 Å². The minimum atomic E-state index is -0.245. The molecule has 0 amide bonds. The number of aromatic nitrogens is 2. The quantitative estimate of drug-likeness (QED) is 0.896. The van der Waals surface area contributed by atoms with Gasteiger partial charge in [-0.15, -0.1) is 0 Å². The largest absolute Gasteiger partial charge is 0.370 e. The van der Waals surface area contributed by atoms with E-state index in [-0.39, 0.29) is 5.82 Å². The van der Waals surface area contributed by atoms with E-state index in [4.69, 9.17) is 0 Å². The molecular formula is C14H17FN4. The van der Waals surface area contributed by atoms with E-state index in [0.29, 0.717) is 0 Å². The summed E-state index contributed by atoms with van der Waals surface area (Å²) in [5.74, 6) is 1.31. The molecule has 0 spiro atoms. The molecule has 1 N–H and O–H groups in total. The molecule has 0 saturated carbocycles. The van der Waals surface area contributed by atoms with Crippen LogP contribution in [0.25, 0.3) is 0 Å². The summed E-state index contributed by atoms with van der Waals surface area (Å²) in [7, 11) is 1.89. The van der Waals surface area contributed by atoms with Crippen LogP contribution in [0.2, 0.25) is 0 Å². The van der Waals surface area contributed by atoms with Crippen molar-refractivity contribution >= 4 is 17.3 Å². The molecule has 4 nitrogen and oxygen atoms in total. The van der Waals surface area contributed by atoms with Crippen molar-refractivity contribution in [2.45, 2.75) is 13.3 Å². The number of nitrogens with one attached hydrogen (secondary N) is 1. The lowest BCUT2D eigenvalue weighted by Gasteiger charge is -2.18. The van der Waals surface area contributed by atoms with E-state index in [0.717, 1.165) is 30.3 Å². The summed E-state index contributed by atoms with van der Waals surface area (Å²) in [4.78, 5) is 10.3. The molecule has 0 aliphatic rings. The van der Waals surface area contributed by atoms with Crippen LogP contribution in [0.15, 0.2) is 36.7 Å². The van der Waals surface area contributed by atoms with Gasteiger partial charge in [-0.2, -0.15) is 0 Å². The highest BCUT2D eigenvalue weighted by atomic mass is 19.1. The Kier molecular flexibility index (Phi) is 4.28. The summed E-state index contributed by atoms with van der Waals surface area (Å²) >= 11 is 0. The van der Waals surface area contributed by atoms with Crippen LogP contribution >= 0.6 is 0 Å². The van der Waals surface area contributed by atoms with Gasteiger partial charge in [-0.1, -0.05) is 6.92 Å². The van der Waals surface area contributed by atoms with Gasteiger partial charge >= 0.3 is 0 Å². The van der Waals surface area contributed by atoms with E-state index in [1.165, 1.54) is 18.5 Å². The Bertz CT molecular complexity index is 527. The van der Waals surface area contributed by atoms with Gasteiger partial charge in [0.2, 0.25) is 0 Å². The predicted molar refractivity (Wildman–Crippen MR) is 75.3 cm³/mol. The molecule has 2 aromatic rings. The lowest BCUT2D eigenvalue weighted by atomic mass is 10.3. The van der Waals surface area contributed by atoms with Gasteiger partial charge in [0, 0.05) is 25.3 Å². The lowest BCUT2D eigenvalue weighted by Crippen LogP contribution is -2.12. The maximum atomic E-state index is 12.9. The summed E-state index contributed by atoms with van der Waals surface area (Å²) in [5.41, 5.74) is 0.876. The zero-order chi connectivity index (χ0) is 13.7. The third-order valence-corrected chi connectivity index (χ3v) is 2.77. The van der Waals surface area contributed by atoms with E-state index in [1.807, 2.05) is 18.0 Å². The fraction of sp³-hybridized carbons (Fsp3) is 0.286. The maximum absolute atomic E-state index is 12.9. The van der Waals surface area contributed by atoms with Crippen LogP contribution in [0.3, 0.4) is 0 Å². The zero-order valence-electron chi connectivity index (χ0n) is 11.1. The Balaban J connectivity index is 2.18. The topological polar surface area (TPSA) is 41.0 Å². The maximum Gasteiger partial charge on any atom is 0.138 e. The third kappa shape index (κ3) is 3.40. The molecule has 0 saturated heterocycles. The first kappa shape index (κ1) is 13.3. The van der Waals surface area contributed by atoms with Crippen molar-refractivity contribution in [1.29, 1.82) is 0 Å². The second-order valence-electron chi connectivity index (χ2n) is 4.22. The molecule has 0 aliphatic carbocycles. The average Bonchev–Trinajstić information content (AvgIpc) is 2.45. The van der Waals surface area contributed by atoms with Gasteiger partial charge in [-0.3, -0.25) is 0 Å². The number of nitrogens with zero attached hydrogens (tertiary/aromatic N) is 3. The third-order valence-electron chi connectivity index (χ3n) is 2.77. The van der Waals surface area contributed by atoms with E-state index in [1.54, 1.807) is 12.1 Å². The number of halogens is 1. The summed E-state index contributed by atoms with van der Waals surface area (Å²) < 4.78 is 12.9. The van der Waals surface area contributed by atoms with Gasteiger partial charge < -0.3 is 10.2 Å². The van der Waals surface area contributed by atoms with E-state index < -0.39 is 0 Å². The van der Waals surface area contributed by atoms with Crippen molar-refractivity contribution in [3.63, 3.8) is 0 Å². The number of rotatable bonds is 5. The predicted octanol–water partition coefficient (Wildman–Crippen LogP) is 3.21. The van der Waals surface area contributed by atoms with Gasteiger partial charge in [-0.05, 0) is 30.7 Å². The van der Waals surface area contributed by atoms with Crippen molar-refractivity contribution in [2.24, 2.45) is 0 Å². The van der Waals surface area contributed by atoms with E-state index >= 15 is 0 Å². The number of benzene rings is 1. The Morgan fingerprint density at radius 1 is 1.21 bits per heavy atom. The van der Waals surface area contributed by atoms with Crippen molar-refractivity contribution in [1.82, 2.24) is 9.97 Å². The van der Waals surface area contributed by atoms with Crippen LogP contribution in [-0.4, -0.2) is 23.6 Å². The smallest absolute Gasteiger partial charge is 0.138 e. The van der Waals surface area contributed by atoms with Crippen LogP contribution in [0.1, 0.15) is 13.3 Å². The number of hydrogen-bond donors (Lipinski definition) is 1. The van der Waals surface area contributed by atoms with Crippen molar-refractivity contribution in [2.75, 3.05) is 23.8 Å². The number of anilines is 3. The minimum absolute atomic E-state index is 0.245. The molecule has 0 bridgehead atoms. The zero-order valence-corrected chi connectivity index (χ0v) is 11.1. The fourth-order valence-electron chi connectivity index (χ4n) is 1.68. The Labute approximate surface area is 112 Å². The highest BCUT2D eigenvalue weighted by Gasteiger charge is 2.06. The second kappa shape index (κ2) is 6.13. The summed E-state index contributed by atoms with van der Waals surface area (Å²) in [6, 6.07) is 8.18. The summed E-state index contributed by atoms with van der Waals surface area (Å²) in [5, 5.41) is 3.21. The van der Waals surface area contributed by atoms with Crippen LogP contribution in [0.5, 0.6) is 0 Å². The Morgan fingerprint density at radius 3 is 2.63 bits per heavy atom.